The molecule has 5 nitrogen and oxygen atoms in total. The van der Waals surface area contributed by atoms with Crippen molar-refractivity contribution in [2.75, 3.05) is 13.1 Å². The number of aromatic amines is 1. The highest BCUT2D eigenvalue weighted by molar-refractivity contribution is 5.92. The first-order valence-electron chi connectivity index (χ1n) is 6.28. The highest BCUT2D eigenvalue weighted by Gasteiger charge is 2.57. The number of nitrogens with one attached hydrogen (secondary N) is 1. The summed E-state index contributed by atoms with van der Waals surface area (Å²) < 4.78 is 38.1. The molecule has 0 aliphatic carbocycles. The monoisotopic (exact) mass is 291 g/mol. The third-order valence-electron chi connectivity index (χ3n) is 3.50. The van der Waals surface area contributed by atoms with Gasteiger partial charge in [-0.15, -0.1) is 0 Å². The lowest BCUT2D eigenvalue weighted by molar-refractivity contribution is -0.253. The van der Waals surface area contributed by atoms with E-state index in [0.717, 1.165) is 10.6 Å². The molecule has 1 fully saturated rings. The van der Waals surface area contributed by atoms with E-state index in [-0.39, 0.29) is 18.2 Å². The number of rotatable bonds is 2. The summed E-state index contributed by atoms with van der Waals surface area (Å²) in [5, 5.41) is 16.0. The first kappa shape index (κ1) is 14.8. The standard InChI is InChI=1S/C12H16F3N3O2/c1-7(2)8-5-9(17-16-8)10(19)18-4-3-11(20,6-18)12(13,14)15/h5,7,20H,3-4,6H2,1-2H3,(H,16,17)/t11-/m0/s1. The predicted molar refractivity (Wildman–Crippen MR) is 64.2 cm³/mol. The van der Waals surface area contributed by atoms with Crippen molar-refractivity contribution in [3.05, 3.63) is 17.5 Å². The van der Waals surface area contributed by atoms with E-state index in [0.29, 0.717) is 0 Å². The lowest BCUT2D eigenvalue weighted by Gasteiger charge is -2.25. The van der Waals surface area contributed by atoms with Crippen LogP contribution < -0.4 is 0 Å². The van der Waals surface area contributed by atoms with Crippen molar-refractivity contribution in [1.82, 2.24) is 15.1 Å². The Morgan fingerprint density at radius 1 is 1.55 bits per heavy atom. The number of nitrogens with zero attached hydrogens (tertiary/aromatic N) is 2. The van der Waals surface area contributed by atoms with Crippen molar-refractivity contribution < 1.29 is 23.1 Å². The van der Waals surface area contributed by atoms with Crippen LogP contribution in [0.1, 0.15) is 42.4 Å². The largest absolute Gasteiger partial charge is 0.419 e. The van der Waals surface area contributed by atoms with Crippen LogP contribution in [0.3, 0.4) is 0 Å². The summed E-state index contributed by atoms with van der Waals surface area (Å²) in [5.41, 5.74) is -2.02. The van der Waals surface area contributed by atoms with Gasteiger partial charge < -0.3 is 10.0 Å². The molecule has 8 heteroatoms. The van der Waals surface area contributed by atoms with E-state index in [2.05, 4.69) is 10.2 Å². The number of alkyl halides is 3. The van der Waals surface area contributed by atoms with Gasteiger partial charge in [-0.1, -0.05) is 13.8 Å². The summed E-state index contributed by atoms with van der Waals surface area (Å²) in [6.45, 7) is 2.91. The molecule has 1 aliphatic heterocycles. The molecular formula is C12H16F3N3O2. The number of hydrogen-bond donors (Lipinski definition) is 2. The molecule has 1 atom stereocenters. The number of carbonyl (C=O) groups excluding carboxylic acids is 1. The van der Waals surface area contributed by atoms with Gasteiger partial charge in [0.15, 0.2) is 5.60 Å². The van der Waals surface area contributed by atoms with E-state index < -0.39 is 30.7 Å². The smallest absolute Gasteiger partial charge is 0.379 e. The summed E-state index contributed by atoms with van der Waals surface area (Å²) in [4.78, 5) is 13.0. The van der Waals surface area contributed by atoms with Crippen LogP contribution >= 0.6 is 0 Å². The topological polar surface area (TPSA) is 69.2 Å². The summed E-state index contributed by atoms with van der Waals surface area (Å²) in [6, 6.07) is 1.53. The van der Waals surface area contributed by atoms with Crippen LogP contribution in [0.5, 0.6) is 0 Å². The number of likely N-dealkylation sites (tertiary alicyclic amines) is 1. The Kier molecular flexibility index (Phi) is 3.53. The second-order valence-electron chi connectivity index (χ2n) is 5.37. The number of H-pyrrole nitrogens is 1. The van der Waals surface area contributed by atoms with Crippen molar-refractivity contribution in [2.45, 2.75) is 38.0 Å². The van der Waals surface area contributed by atoms with Crippen LogP contribution in [0.2, 0.25) is 0 Å². The molecule has 0 unspecified atom stereocenters. The normalized spacial score (nSPS) is 23.6. The minimum Gasteiger partial charge on any atom is -0.379 e. The van der Waals surface area contributed by atoms with Crippen LogP contribution in [-0.4, -0.2) is 51.0 Å². The minimum absolute atomic E-state index is 0.0696. The fourth-order valence-corrected chi connectivity index (χ4v) is 2.10. The number of amides is 1. The first-order valence-corrected chi connectivity index (χ1v) is 6.28. The predicted octanol–water partition coefficient (Wildman–Crippen LogP) is 1.67. The summed E-state index contributed by atoms with van der Waals surface area (Å²) in [6.07, 6.45) is -5.25. The van der Waals surface area contributed by atoms with Crippen molar-refractivity contribution in [3.8, 4) is 0 Å². The number of β-amino-alcohol motifs (C(OH)–C–C–N with tert-alkyl or cyclic N) is 1. The number of hydrogen-bond acceptors (Lipinski definition) is 3. The Morgan fingerprint density at radius 2 is 2.20 bits per heavy atom. The highest BCUT2D eigenvalue weighted by Crippen LogP contribution is 2.37. The van der Waals surface area contributed by atoms with E-state index in [1.54, 1.807) is 0 Å². The van der Waals surface area contributed by atoms with Crippen LogP contribution in [0.25, 0.3) is 0 Å². The molecule has 20 heavy (non-hydrogen) atoms. The van der Waals surface area contributed by atoms with E-state index in [1.807, 2.05) is 13.8 Å². The summed E-state index contributed by atoms with van der Waals surface area (Å²) in [5.74, 6) is -0.469. The summed E-state index contributed by atoms with van der Waals surface area (Å²) >= 11 is 0. The van der Waals surface area contributed by atoms with Crippen LogP contribution in [-0.2, 0) is 0 Å². The molecule has 2 heterocycles. The molecule has 0 spiro atoms. The lowest BCUT2D eigenvalue weighted by Crippen LogP contribution is -2.48. The van der Waals surface area contributed by atoms with Gasteiger partial charge in [-0.3, -0.25) is 9.89 Å². The molecule has 2 N–H and O–H groups in total. The molecule has 1 aromatic rings. The van der Waals surface area contributed by atoms with Gasteiger partial charge in [0.2, 0.25) is 0 Å². The Bertz CT molecular complexity index is 512. The Hall–Kier alpha value is -1.57. The van der Waals surface area contributed by atoms with Gasteiger partial charge in [-0.25, -0.2) is 0 Å². The molecule has 0 bridgehead atoms. The van der Waals surface area contributed by atoms with Crippen LogP contribution in [0, 0.1) is 0 Å². The quantitative estimate of drug-likeness (QED) is 0.871. The van der Waals surface area contributed by atoms with Gasteiger partial charge in [0, 0.05) is 18.7 Å². The molecule has 0 saturated carbocycles. The van der Waals surface area contributed by atoms with Gasteiger partial charge >= 0.3 is 6.18 Å². The number of carbonyl (C=O) groups is 1. The molecule has 2 rings (SSSR count). The molecule has 0 radical (unpaired) electrons. The highest BCUT2D eigenvalue weighted by atomic mass is 19.4. The Balaban J connectivity index is 2.12. The molecule has 1 amide bonds. The second-order valence-corrected chi connectivity index (χ2v) is 5.37. The average Bonchev–Trinajstić information content (AvgIpc) is 2.94. The Morgan fingerprint density at radius 3 is 2.65 bits per heavy atom. The number of halogens is 3. The molecule has 112 valence electrons. The molecule has 1 aromatic heterocycles. The van der Waals surface area contributed by atoms with Gasteiger partial charge in [0.1, 0.15) is 5.69 Å². The lowest BCUT2D eigenvalue weighted by atomic mass is 10.0. The molecule has 1 saturated heterocycles. The van der Waals surface area contributed by atoms with E-state index in [1.165, 1.54) is 6.07 Å². The average molecular weight is 291 g/mol. The van der Waals surface area contributed by atoms with Gasteiger partial charge in [0.05, 0.1) is 6.54 Å². The zero-order valence-electron chi connectivity index (χ0n) is 11.2. The van der Waals surface area contributed by atoms with Crippen LogP contribution in [0.4, 0.5) is 13.2 Å². The zero-order chi connectivity index (χ0) is 15.1. The van der Waals surface area contributed by atoms with Gasteiger partial charge in [0.25, 0.3) is 5.91 Å². The maximum Gasteiger partial charge on any atom is 0.419 e. The number of aliphatic hydroxyl groups is 1. The van der Waals surface area contributed by atoms with Crippen LogP contribution in [0.15, 0.2) is 6.07 Å². The van der Waals surface area contributed by atoms with E-state index in [4.69, 9.17) is 0 Å². The zero-order valence-corrected chi connectivity index (χ0v) is 11.2. The van der Waals surface area contributed by atoms with E-state index in [9.17, 15) is 23.1 Å². The summed E-state index contributed by atoms with van der Waals surface area (Å²) in [7, 11) is 0. The van der Waals surface area contributed by atoms with Crippen molar-refractivity contribution in [1.29, 1.82) is 0 Å². The van der Waals surface area contributed by atoms with Crippen molar-refractivity contribution >= 4 is 5.91 Å². The van der Waals surface area contributed by atoms with Crippen molar-refractivity contribution in [2.24, 2.45) is 0 Å². The molecule has 0 aromatic carbocycles. The fourth-order valence-electron chi connectivity index (χ4n) is 2.10. The SMILES string of the molecule is CC(C)c1cc(C(=O)N2CC[C@@](O)(C(F)(F)F)C2)n[nH]1. The van der Waals surface area contributed by atoms with Gasteiger partial charge in [-0.2, -0.15) is 18.3 Å². The third-order valence-corrected chi connectivity index (χ3v) is 3.50. The van der Waals surface area contributed by atoms with Gasteiger partial charge in [-0.05, 0) is 12.0 Å². The third kappa shape index (κ3) is 2.52. The minimum atomic E-state index is -4.74. The second kappa shape index (κ2) is 4.76. The Labute approximate surface area is 113 Å². The molecular weight excluding hydrogens is 275 g/mol. The first-order chi connectivity index (χ1) is 9.14. The molecule has 1 aliphatic rings. The fraction of sp³-hybridized carbons (Fsp3) is 0.667. The maximum absolute atomic E-state index is 12.7. The van der Waals surface area contributed by atoms with Crippen molar-refractivity contribution in [3.63, 3.8) is 0 Å². The van der Waals surface area contributed by atoms with E-state index >= 15 is 0 Å². The maximum atomic E-state index is 12.7. The number of aromatic nitrogens is 2.